The van der Waals surface area contributed by atoms with Gasteiger partial charge in [0.15, 0.2) is 4.93 Å². The molecule has 1 atom stereocenters. The summed E-state index contributed by atoms with van der Waals surface area (Å²) in [5.74, 6) is 0.781. The van der Waals surface area contributed by atoms with E-state index in [9.17, 15) is 5.11 Å². The van der Waals surface area contributed by atoms with E-state index >= 15 is 0 Å². The summed E-state index contributed by atoms with van der Waals surface area (Å²) >= 11 is 1.47. The van der Waals surface area contributed by atoms with E-state index in [0.29, 0.717) is 0 Å². The van der Waals surface area contributed by atoms with E-state index in [2.05, 4.69) is 10.6 Å². The molecule has 110 valence electrons. The van der Waals surface area contributed by atoms with Crippen LogP contribution in [0.2, 0.25) is 0 Å². The average Bonchev–Trinajstić information content (AvgIpc) is 3.06. The zero-order valence-corrected chi connectivity index (χ0v) is 12.9. The maximum absolute atomic E-state index is 11.4. The zero-order valence-electron chi connectivity index (χ0n) is 12.1. The first-order chi connectivity index (χ1) is 10.7. The third kappa shape index (κ3) is 1.88. The van der Waals surface area contributed by atoms with Gasteiger partial charge in [0.2, 0.25) is 0 Å². The zero-order chi connectivity index (χ0) is 15.2. The molecule has 4 heteroatoms. The summed E-state index contributed by atoms with van der Waals surface area (Å²) in [6, 6.07) is 19.6. The predicted octanol–water partition coefficient (Wildman–Crippen LogP) is 3.79. The van der Waals surface area contributed by atoms with Crippen molar-refractivity contribution in [2.24, 2.45) is 0 Å². The van der Waals surface area contributed by atoms with Gasteiger partial charge in [0.1, 0.15) is 5.75 Å². The second-order valence-electron chi connectivity index (χ2n) is 5.21. The summed E-state index contributed by atoms with van der Waals surface area (Å²) in [5, 5.41) is 11.4. The van der Waals surface area contributed by atoms with Crippen molar-refractivity contribution in [3.63, 3.8) is 0 Å². The van der Waals surface area contributed by atoms with Gasteiger partial charge in [-0.3, -0.25) is 0 Å². The van der Waals surface area contributed by atoms with Crippen molar-refractivity contribution in [2.75, 3.05) is 7.11 Å². The van der Waals surface area contributed by atoms with Crippen LogP contribution in [0.4, 0.5) is 0 Å². The summed E-state index contributed by atoms with van der Waals surface area (Å²) in [7, 11) is 1.64. The molecule has 2 heterocycles. The molecule has 1 aromatic heterocycles. The number of aromatic nitrogens is 1. The number of thioether (sulfide) groups is 1. The van der Waals surface area contributed by atoms with Gasteiger partial charge in [-0.1, -0.05) is 36.0 Å². The lowest BCUT2D eigenvalue weighted by molar-refractivity contribution is 0.172. The fraction of sp³-hybridized carbons (Fsp3) is 0.111. The lowest BCUT2D eigenvalue weighted by Gasteiger charge is -2.34. The Labute approximate surface area is 133 Å². The minimum absolute atomic E-state index is 0.781. The number of hydrogen-bond donors (Lipinski definition) is 1. The topological polar surface area (TPSA) is 34.4 Å². The van der Waals surface area contributed by atoms with E-state index in [1.54, 1.807) is 7.11 Å². The van der Waals surface area contributed by atoms with Crippen LogP contribution in [0.3, 0.4) is 0 Å². The first kappa shape index (κ1) is 13.5. The van der Waals surface area contributed by atoms with Crippen LogP contribution in [0, 0.1) is 0 Å². The van der Waals surface area contributed by atoms with Crippen LogP contribution in [-0.2, 0) is 4.93 Å². The lowest BCUT2D eigenvalue weighted by Crippen LogP contribution is -2.29. The molecule has 0 aliphatic carbocycles. The lowest BCUT2D eigenvalue weighted by atomic mass is 10.0. The quantitative estimate of drug-likeness (QED) is 0.782. The van der Waals surface area contributed by atoms with Gasteiger partial charge in [-0.25, -0.2) is 0 Å². The van der Waals surface area contributed by atoms with Gasteiger partial charge < -0.3 is 14.4 Å². The molecule has 2 aromatic carbocycles. The highest BCUT2D eigenvalue weighted by Crippen LogP contribution is 2.50. The molecule has 0 fully saturated rings. The van der Waals surface area contributed by atoms with E-state index < -0.39 is 4.93 Å². The molecule has 1 aliphatic heterocycles. The van der Waals surface area contributed by atoms with Crippen LogP contribution in [0.25, 0.3) is 5.69 Å². The highest BCUT2D eigenvalue weighted by atomic mass is 32.2. The molecule has 0 radical (unpaired) electrons. The highest BCUT2D eigenvalue weighted by Gasteiger charge is 2.39. The number of nitrogens with zero attached hydrogens (tertiary/aromatic N) is 1. The molecular formula is C18H15NO2S. The molecule has 1 N–H and O–H groups in total. The Balaban J connectivity index is 1.89. The summed E-state index contributed by atoms with van der Waals surface area (Å²) in [6.45, 7) is 0. The number of rotatable bonds is 2. The SMILES string of the molecule is COc1ccc(C2(O)Sc3ccccc3-n3cccc32)cc1. The molecule has 0 bridgehead atoms. The normalized spacial score (nSPS) is 19.4. The van der Waals surface area contributed by atoms with Crippen molar-refractivity contribution in [1.82, 2.24) is 4.57 Å². The van der Waals surface area contributed by atoms with Crippen LogP contribution < -0.4 is 4.74 Å². The molecule has 1 aliphatic rings. The van der Waals surface area contributed by atoms with Gasteiger partial charge in [0, 0.05) is 16.7 Å². The van der Waals surface area contributed by atoms with Crippen molar-refractivity contribution < 1.29 is 9.84 Å². The smallest absolute Gasteiger partial charge is 0.181 e. The second kappa shape index (κ2) is 4.93. The Bertz CT molecular complexity index is 825. The predicted molar refractivity (Wildman–Crippen MR) is 87.6 cm³/mol. The van der Waals surface area contributed by atoms with Gasteiger partial charge in [-0.05, 0) is 36.4 Å². The van der Waals surface area contributed by atoms with Gasteiger partial charge in [0.25, 0.3) is 0 Å². The maximum atomic E-state index is 11.4. The van der Waals surface area contributed by atoms with Crippen LogP contribution in [-0.4, -0.2) is 16.8 Å². The summed E-state index contributed by atoms with van der Waals surface area (Å²) in [4.78, 5) is -0.0473. The largest absolute Gasteiger partial charge is 0.497 e. The Hall–Kier alpha value is -2.17. The highest BCUT2D eigenvalue weighted by molar-refractivity contribution is 8.00. The van der Waals surface area contributed by atoms with Gasteiger partial charge in [-0.2, -0.15) is 0 Å². The maximum Gasteiger partial charge on any atom is 0.181 e. The molecule has 4 rings (SSSR count). The van der Waals surface area contributed by atoms with Gasteiger partial charge >= 0.3 is 0 Å². The van der Waals surface area contributed by atoms with Gasteiger partial charge in [0.05, 0.1) is 18.5 Å². The number of para-hydroxylation sites is 1. The van der Waals surface area contributed by atoms with Crippen LogP contribution >= 0.6 is 11.8 Å². The van der Waals surface area contributed by atoms with E-state index in [-0.39, 0.29) is 0 Å². The van der Waals surface area contributed by atoms with Crippen LogP contribution in [0.5, 0.6) is 5.75 Å². The van der Waals surface area contributed by atoms with Crippen LogP contribution in [0.15, 0.2) is 71.8 Å². The summed E-state index contributed by atoms with van der Waals surface area (Å²) in [5.41, 5.74) is 2.81. The Kier molecular flexibility index (Phi) is 3.03. The number of aliphatic hydroxyl groups is 1. The van der Waals surface area contributed by atoms with Crippen molar-refractivity contribution in [1.29, 1.82) is 0 Å². The van der Waals surface area contributed by atoms with E-state index in [4.69, 9.17) is 4.74 Å². The second-order valence-corrected chi connectivity index (χ2v) is 6.44. The first-order valence-corrected chi connectivity index (χ1v) is 7.87. The minimum Gasteiger partial charge on any atom is -0.497 e. The summed E-state index contributed by atoms with van der Waals surface area (Å²) < 4.78 is 7.26. The molecule has 0 amide bonds. The third-order valence-corrected chi connectivity index (χ3v) is 5.27. The fourth-order valence-electron chi connectivity index (χ4n) is 2.84. The molecule has 22 heavy (non-hydrogen) atoms. The molecule has 3 nitrogen and oxygen atoms in total. The van der Waals surface area contributed by atoms with Gasteiger partial charge in [-0.15, -0.1) is 0 Å². The van der Waals surface area contributed by atoms with Crippen molar-refractivity contribution in [3.8, 4) is 11.4 Å². The molecule has 3 aromatic rings. The first-order valence-electron chi connectivity index (χ1n) is 7.05. The molecule has 0 saturated heterocycles. The van der Waals surface area contributed by atoms with Crippen molar-refractivity contribution in [3.05, 3.63) is 78.1 Å². The number of benzene rings is 2. The molecular weight excluding hydrogens is 294 g/mol. The number of hydrogen-bond acceptors (Lipinski definition) is 3. The monoisotopic (exact) mass is 309 g/mol. The summed E-state index contributed by atoms with van der Waals surface area (Å²) in [6.07, 6.45) is 1.99. The van der Waals surface area contributed by atoms with E-state index in [0.717, 1.165) is 27.6 Å². The van der Waals surface area contributed by atoms with E-state index in [1.807, 2.05) is 60.8 Å². The Morgan fingerprint density at radius 1 is 1.00 bits per heavy atom. The molecule has 0 saturated carbocycles. The number of ether oxygens (including phenoxy) is 1. The Morgan fingerprint density at radius 3 is 2.55 bits per heavy atom. The standard InChI is InChI=1S/C18H15NO2S/c1-21-14-10-8-13(9-11-14)18(20)17-7-4-12-19(17)15-5-2-3-6-16(15)22-18/h2-12,20H,1H3. The van der Waals surface area contributed by atoms with Crippen molar-refractivity contribution in [2.45, 2.75) is 9.83 Å². The minimum atomic E-state index is -1.11. The Morgan fingerprint density at radius 2 is 1.77 bits per heavy atom. The van der Waals surface area contributed by atoms with E-state index in [1.165, 1.54) is 11.8 Å². The van der Waals surface area contributed by atoms with Crippen LogP contribution in [0.1, 0.15) is 11.3 Å². The number of methoxy groups -OCH3 is 1. The average molecular weight is 309 g/mol. The molecule has 0 spiro atoms. The molecule has 1 unspecified atom stereocenters. The third-order valence-electron chi connectivity index (χ3n) is 3.96. The van der Waals surface area contributed by atoms with Crippen molar-refractivity contribution >= 4 is 11.8 Å². The fourth-order valence-corrected chi connectivity index (χ4v) is 4.11. The number of fused-ring (bicyclic) bond motifs is 3.